The fraction of sp³-hybridized carbons (Fsp3) is 0.333. The minimum absolute atomic E-state index is 0.0876. The third-order valence-electron chi connectivity index (χ3n) is 1.48. The van der Waals surface area contributed by atoms with Crippen LogP contribution in [0, 0.1) is 6.92 Å². The van der Waals surface area contributed by atoms with Crippen LogP contribution in [-0.2, 0) is 0 Å². The lowest BCUT2D eigenvalue weighted by Crippen LogP contribution is -2.27. The first-order chi connectivity index (χ1) is 5.52. The largest absolute Gasteiger partial charge is 0.363 e. The third-order valence-corrected chi connectivity index (χ3v) is 1.48. The highest BCUT2D eigenvalue weighted by molar-refractivity contribution is 5.14. The van der Waals surface area contributed by atoms with E-state index in [1.165, 1.54) is 6.92 Å². The molecule has 0 saturated heterocycles. The Morgan fingerprint density at radius 3 is 2.33 bits per heavy atom. The minimum atomic E-state index is -1.83. The number of nitrogens with one attached hydrogen (secondary N) is 2. The lowest BCUT2D eigenvalue weighted by Gasteiger charge is -2.04. The van der Waals surface area contributed by atoms with E-state index in [1.807, 2.05) is 4.98 Å². The monoisotopic (exact) mass is 172 g/mol. The van der Waals surface area contributed by atoms with Gasteiger partial charge in [-0.3, -0.25) is 9.78 Å². The molecular weight excluding hydrogens is 164 g/mol. The fourth-order valence-electron chi connectivity index (χ4n) is 0.825. The van der Waals surface area contributed by atoms with Crippen molar-refractivity contribution in [2.24, 2.45) is 0 Å². The van der Waals surface area contributed by atoms with Crippen molar-refractivity contribution in [2.75, 3.05) is 0 Å². The van der Waals surface area contributed by atoms with Crippen molar-refractivity contribution in [3.63, 3.8) is 0 Å². The molecule has 66 valence electrons. The number of aliphatic hydroxyl groups is 2. The van der Waals surface area contributed by atoms with Gasteiger partial charge in [-0.25, -0.2) is 4.79 Å². The second kappa shape index (κ2) is 2.92. The molecule has 0 fully saturated rings. The summed E-state index contributed by atoms with van der Waals surface area (Å²) in [7, 11) is 0. The number of H-pyrrole nitrogens is 2. The topological polar surface area (TPSA) is 106 Å². The van der Waals surface area contributed by atoms with E-state index < -0.39 is 17.5 Å². The Morgan fingerprint density at radius 1 is 1.25 bits per heavy atom. The van der Waals surface area contributed by atoms with Crippen LogP contribution < -0.4 is 11.2 Å². The number of aromatic nitrogens is 2. The molecule has 0 aliphatic heterocycles. The van der Waals surface area contributed by atoms with Crippen molar-refractivity contribution >= 4 is 0 Å². The molecule has 0 bridgehead atoms. The summed E-state index contributed by atoms with van der Waals surface area (Å²) in [6.07, 6.45) is -1.83. The van der Waals surface area contributed by atoms with E-state index in [0.717, 1.165) is 0 Å². The van der Waals surface area contributed by atoms with Crippen LogP contribution in [0.1, 0.15) is 17.5 Å². The Kier molecular flexibility index (Phi) is 2.11. The quantitative estimate of drug-likeness (QED) is 0.381. The van der Waals surface area contributed by atoms with E-state index in [1.54, 1.807) is 0 Å². The SMILES string of the molecule is Cc1c(C(O)O)[nH]c(=O)[nH]c1=O. The number of rotatable bonds is 1. The maximum atomic E-state index is 10.9. The molecule has 0 atom stereocenters. The molecule has 0 saturated carbocycles. The van der Waals surface area contributed by atoms with Gasteiger partial charge in [0, 0.05) is 5.56 Å². The van der Waals surface area contributed by atoms with Gasteiger partial charge in [0.1, 0.15) is 0 Å². The summed E-state index contributed by atoms with van der Waals surface area (Å²) in [5, 5.41) is 17.4. The van der Waals surface area contributed by atoms with Gasteiger partial charge in [0.2, 0.25) is 0 Å². The Morgan fingerprint density at radius 2 is 1.83 bits per heavy atom. The average Bonchev–Trinajstić information content (AvgIpc) is 1.96. The molecule has 4 N–H and O–H groups in total. The van der Waals surface area contributed by atoms with Gasteiger partial charge in [0.05, 0.1) is 5.69 Å². The zero-order valence-electron chi connectivity index (χ0n) is 6.29. The molecule has 0 aliphatic rings. The van der Waals surface area contributed by atoms with E-state index in [9.17, 15) is 9.59 Å². The van der Waals surface area contributed by atoms with Gasteiger partial charge in [0.15, 0.2) is 6.29 Å². The lowest BCUT2D eigenvalue weighted by atomic mass is 10.2. The molecule has 1 rings (SSSR count). The Bertz CT molecular complexity index is 389. The van der Waals surface area contributed by atoms with Crippen LogP contribution in [0.4, 0.5) is 0 Å². The number of aromatic amines is 2. The van der Waals surface area contributed by atoms with Gasteiger partial charge in [-0.1, -0.05) is 0 Å². The Balaban J connectivity index is 3.49. The highest BCUT2D eigenvalue weighted by Gasteiger charge is 2.10. The lowest BCUT2D eigenvalue weighted by molar-refractivity contribution is -0.0466. The van der Waals surface area contributed by atoms with Gasteiger partial charge < -0.3 is 15.2 Å². The third kappa shape index (κ3) is 1.44. The summed E-state index contributed by atoms with van der Waals surface area (Å²) >= 11 is 0. The number of hydrogen-bond donors (Lipinski definition) is 4. The molecule has 1 aromatic heterocycles. The van der Waals surface area contributed by atoms with Gasteiger partial charge in [0.25, 0.3) is 5.56 Å². The van der Waals surface area contributed by atoms with Crippen LogP contribution in [-0.4, -0.2) is 20.2 Å². The molecule has 1 aromatic rings. The molecule has 0 radical (unpaired) electrons. The predicted octanol–water partition coefficient (Wildman–Crippen LogP) is -1.65. The van der Waals surface area contributed by atoms with E-state index >= 15 is 0 Å². The van der Waals surface area contributed by atoms with Crippen molar-refractivity contribution in [1.82, 2.24) is 9.97 Å². The highest BCUT2D eigenvalue weighted by Crippen LogP contribution is 2.04. The van der Waals surface area contributed by atoms with Crippen LogP contribution in [0.25, 0.3) is 0 Å². The molecule has 0 amide bonds. The van der Waals surface area contributed by atoms with Crippen molar-refractivity contribution in [1.29, 1.82) is 0 Å². The van der Waals surface area contributed by atoms with Gasteiger partial charge in [-0.05, 0) is 6.92 Å². The second-order valence-electron chi connectivity index (χ2n) is 2.32. The smallest absolute Gasteiger partial charge is 0.326 e. The molecule has 0 unspecified atom stereocenters. The molecule has 0 spiro atoms. The first-order valence-corrected chi connectivity index (χ1v) is 3.21. The Hall–Kier alpha value is -1.40. The summed E-state index contributed by atoms with van der Waals surface area (Å²) in [6.45, 7) is 1.38. The van der Waals surface area contributed by atoms with Gasteiger partial charge in [-0.2, -0.15) is 0 Å². The zero-order valence-corrected chi connectivity index (χ0v) is 6.29. The van der Waals surface area contributed by atoms with Crippen LogP contribution >= 0.6 is 0 Å². The zero-order chi connectivity index (χ0) is 9.30. The first-order valence-electron chi connectivity index (χ1n) is 3.21. The van der Waals surface area contributed by atoms with Crippen LogP contribution in [0.5, 0.6) is 0 Å². The molecule has 0 aromatic carbocycles. The van der Waals surface area contributed by atoms with E-state index in [2.05, 4.69) is 4.98 Å². The fourth-order valence-corrected chi connectivity index (χ4v) is 0.825. The summed E-state index contributed by atoms with van der Waals surface area (Å²) in [4.78, 5) is 25.6. The second-order valence-corrected chi connectivity index (χ2v) is 2.32. The summed E-state index contributed by atoms with van der Waals surface area (Å²) in [5.41, 5.74) is -1.47. The van der Waals surface area contributed by atoms with Crippen molar-refractivity contribution in [2.45, 2.75) is 13.2 Å². The summed E-state index contributed by atoms with van der Waals surface area (Å²) in [5.74, 6) is 0. The van der Waals surface area contributed by atoms with E-state index in [-0.39, 0.29) is 11.3 Å². The predicted molar refractivity (Wildman–Crippen MR) is 39.6 cm³/mol. The van der Waals surface area contributed by atoms with E-state index in [0.29, 0.717) is 0 Å². The molecular formula is C6H8N2O4. The molecule has 6 heteroatoms. The van der Waals surface area contributed by atoms with Crippen LogP contribution in [0.3, 0.4) is 0 Å². The summed E-state index contributed by atoms with van der Waals surface area (Å²) in [6, 6.07) is 0. The molecule has 6 nitrogen and oxygen atoms in total. The van der Waals surface area contributed by atoms with Crippen LogP contribution in [0.2, 0.25) is 0 Å². The van der Waals surface area contributed by atoms with E-state index in [4.69, 9.17) is 10.2 Å². The van der Waals surface area contributed by atoms with Crippen LogP contribution in [0.15, 0.2) is 9.59 Å². The normalized spacial score (nSPS) is 10.7. The maximum absolute atomic E-state index is 10.9. The maximum Gasteiger partial charge on any atom is 0.326 e. The van der Waals surface area contributed by atoms with Crippen molar-refractivity contribution in [3.8, 4) is 0 Å². The number of aliphatic hydroxyl groups excluding tert-OH is 1. The average molecular weight is 172 g/mol. The molecule has 12 heavy (non-hydrogen) atoms. The Labute approximate surface area is 66.5 Å². The minimum Gasteiger partial charge on any atom is -0.363 e. The molecule has 1 heterocycles. The van der Waals surface area contributed by atoms with Gasteiger partial charge >= 0.3 is 5.69 Å². The van der Waals surface area contributed by atoms with Gasteiger partial charge in [-0.15, -0.1) is 0 Å². The summed E-state index contributed by atoms with van der Waals surface area (Å²) < 4.78 is 0. The highest BCUT2D eigenvalue weighted by atomic mass is 16.5. The standard InChI is InChI=1S/C6H8N2O4/c1-2-3(5(10)11)7-6(12)8-4(2)9/h5,10-11H,1H3,(H2,7,8,9,12). The molecule has 0 aliphatic carbocycles. The first kappa shape index (κ1) is 8.69. The van der Waals surface area contributed by atoms with Crippen molar-refractivity contribution in [3.05, 3.63) is 32.1 Å². The number of hydrogen-bond acceptors (Lipinski definition) is 4. The van der Waals surface area contributed by atoms with Crippen molar-refractivity contribution < 1.29 is 10.2 Å².